The standard InChI is InChI=1S/C16H22N2O/c1-4-10-18(11-5-2)16(19)12-13(3)14-6-8-15(17)9-7-14/h1,6-9,13H,5,10-12,17H2,2-3H3. The van der Waals surface area contributed by atoms with E-state index in [1.165, 1.54) is 0 Å². The highest BCUT2D eigenvalue weighted by Crippen LogP contribution is 2.21. The van der Waals surface area contributed by atoms with Crippen LogP contribution in [0.5, 0.6) is 0 Å². The van der Waals surface area contributed by atoms with Gasteiger partial charge in [-0.15, -0.1) is 6.42 Å². The molecule has 0 fully saturated rings. The Morgan fingerprint density at radius 1 is 1.42 bits per heavy atom. The van der Waals surface area contributed by atoms with E-state index in [9.17, 15) is 4.79 Å². The summed E-state index contributed by atoms with van der Waals surface area (Å²) in [6, 6.07) is 7.67. The van der Waals surface area contributed by atoms with Crippen molar-refractivity contribution in [1.82, 2.24) is 4.90 Å². The van der Waals surface area contributed by atoms with Crippen LogP contribution in [0.3, 0.4) is 0 Å². The fraction of sp³-hybridized carbons (Fsp3) is 0.438. The van der Waals surface area contributed by atoms with Crippen LogP contribution in [0.1, 0.15) is 38.2 Å². The molecule has 1 amide bonds. The maximum atomic E-state index is 12.2. The molecule has 3 nitrogen and oxygen atoms in total. The minimum absolute atomic E-state index is 0.115. The fourth-order valence-corrected chi connectivity index (χ4v) is 2.01. The predicted molar refractivity (Wildman–Crippen MR) is 79.6 cm³/mol. The van der Waals surface area contributed by atoms with E-state index in [1.807, 2.05) is 38.1 Å². The lowest BCUT2D eigenvalue weighted by atomic mass is 9.97. The molecule has 0 aliphatic carbocycles. The molecule has 0 radical (unpaired) electrons. The zero-order chi connectivity index (χ0) is 14.3. The first-order valence-electron chi connectivity index (χ1n) is 6.65. The number of nitrogen functional groups attached to an aromatic ring is 1. The maximum absolute atomic E-state index is 12.2. The molecule has 0 aromatic heterocycles. The van der Waals surface area contributed by atoms with Crippen LogP contribution in [0.2, 0.25) is 0 Å². The number of terminal acetylenes is 1. The van der Waals surface area contributed by atoms with Crippen molar-refractivity contribution in [3.8, 4) is 12.3 Å². The van der Waals surface area contributed by atoms with Crippen LogP contribution in [0.4, 0.5) is 5.69 Å². The number of amides is 1. The number of carbonyl (C=O) groups is 1. The van der Waals surface area contributed by atoms with Crippen molar-refractivity contribution in [2.24, 2.45) is 0 Å². The number of nitrogens with zero attached hydrogens (tertiary/aromatic N) is 1. The highest BCUT2D eigenvalue weighted by molar-refractivity contribution is 5.77. The zero-order valence-corrected chi connectivity index (χ0v) is 11.7. The summed E-state index contributed by atoms with van der Waals surface area (Å²) in [4.78, 5) is 13.9. The number of carbonyl (C=O) groups excluding carboxylic acids is 1. The van der Waals surface area contributed by atoms with Gasteiger partial charge in [0, 0.05) is 18.7 Å². The Morgan fingerprint density at radius 2 is 2.05 bits per heavy atom. The number of hydrogen-bond donors (Lipinski definition) is 1. The molecule has 1 atom stereocenters. The van der Waals surface area contributed by atoms with Crippen LogP contribution in [0.25, 0.3) is 0 Å². The van der Waals surface area contributed by atoms with E-state index in [0.29, 0.717) is 13.0 Å². The van der Waals surface area contributed by atoms with Gasteiger partial charge in [0.25, 0.3) is 0 Å². The molecule has 0 saturated carbocycles. The summed E-state index contributed by atoms with van der Waals surface area (Å²) in [5.41, 5.74) is 7.52. The van der Waals surface area contributed by atoms with Crippen molar-refractivity contribution in [3.05, 3.63) is 29.8 Å². The average molecular weight is 258 g/mol. The molecule has 3 heteroatoms. The van der Waals surface area contributed by atoms with Gasteiger partial charge in [-0.1, -0.05) is 31.9 Å². The van der Waals surface area contributed by atoms with Gasteiger partial charge in [0.2, 0.25) is 5.91 Å². The Kier molecular flexibility index (Phi) is 5.95. The van der Waals surface area contributed by atoms with Crippen molar-refractivity contribution in [2.45, 2.75) is 32.6 Å². The Balaban J connectivity index is 2.64. The van der Waals surface area contributed by atoms with Crippen molar-refractivity contribution in [3.63, 3.8) is 0 Å². The second kappa shape index (κ2) is 7.48. The molecule has 0 aliphatic rings. The van der Waals surface area contributed by atoms with Crippen LogP contribution in [0.15, 0.2) is 24.3 Å². The topological polar surface area (TPSA) is 46.3 Å². The van der Waals surface area contributed by atoms with Gasteiger partial charge in [-0.05, 0) is 30.0 Å². The quantitative estimate of drug-likeness (QED) is 0.630. The highest BCUT2D eigenvalue weighted by atomic mass is 16.2. The average Bonchev–Trinajstić information content (AvgIpc) is 2.39. The monoisotopic (exact) mass is 258 g/mol. The van der Waals surface area contributed by atoms with Gasteiger partial charge in [-0.25, -0.2) is 0 Å². The minimum atomic E-state index is 0.115. The van der Waals surface area contributed by atoms with Crippen molar-refractivity contribution >= 4 is 11.6 Å². The third kappa shape index (κ3) is 4.67. The first kappa shape index (κ1) is 15.1. The first-order valence-corrected chi connectivity index (χ1v) is 6.65. The molecule has 2 N–H and O–H groups in total. The summed E-state index contributed by atoms with van der Waals surface area (Å²) in [6.45, 7) is 5.20. The lowest BCUT2D eigenvalue weighted by Crippen LogP contribution is -2.32. The van der Waals surface area contributed by atoms with Gasteiger partial charge < -0.3 is 10.6 Å². The molecule has 19 heavy (non-hydrogen) atoms. The second-order valence-electron chi connectivity index (χ2n) is 4.79. The molecule has 0 bridgehead atoms. The van der Waals surface area contributed by atoms with E-state index in [1.54, 1.807) is 4.90 Å². The van der Waals surface area contributed by atoms with Crippen LogP contribution >= 0.6 is 0 Å². The SMILES string of the molecule is C#CCN(CCC)C(=O)CC(C)c1ccc(N)cc1. The molecule has 1 rings (SSSR count). The van der Waals surface area contributed by atoms with Gasteiger partial charge in [-0.3, -0.25) is 4.79 Å². The van der Waals surface area contributed by atoms with Crippen molar-refractivity contribution in [1.29, 1.82) is 0 Å². The molecular weight excluding hydrogens is 236 g/mol. The predicted octanol–water partition coefficient (Wildman–Crippen LogP) is 2.63. The van der Waals surface area contributed by atoms with Gasteiger partial charge >= 0.3 is 0 Å². The molecule has 1 unspecified atom stereocenters. The molecule has 0 spiro atoms. The molecule has 102 valence electrons. The Labute approximate surface area is 115 Å². The normalized spacial score (nSPS) is 11.6. The first-order chi connectivity index (χ1) is 9.08. The van der Waals surface area contributed by atoms with Crippen molar-refractivity contribution in [2.75, 3.05) is 18.8 Å². The van der Waals surface area contributed by atoms with E-state index in [2.05, 4.69) is 5.92 Å². The van der Waals surface area contributed by atoms with E-state index in [-0.39, 0.29) is 11.8 Å². The van der Waals surface area contributed by atoms with E-state index in [4.69, 9.17) is 12.2 Å². The van der Waals surface area contributed by atoms with Gasteiger partial charge in [0.15, 0.2) is 0 Å². The van der Waals surface area contributed by atoms with Crippen LogP contribution in [-0.2, 0) is 4.79 Å². The van der Waals surface area contributed by atoms with Crippen LogP contribution < -0.4 is 5.73 Å². The third-order valence-corrected chi connectivity index (χ3v) is 3.11. The molecule has 0 aliphatic heterocycles. The number of hydrogen-bond acceptors (Lipinski definition) is 2. The Morgan fingerprint density at radius 3 is 2.58 bits per heavy atom. The molecule has 0 heterocycles. The fourth-order valence-electron chi connectivity index (χ4n) is 2.01. The van der Waals surface area contributed by atoms with Gasteiger partial charge in [-0.2, -0.15) is 0 Å². The number of anilines is 1. The molecule has 1 aromatic rings. The zero-order valence-electron chi connectivity index (χ0n) is 11.7. The van der Waals surface area contributed by atoms with E-state index >= 15 is 0 Å². The summed E-state index contributed by atoms with van der Waals surface area (Å²) in [5.74, 6) is 2.83. The summed E-state index contributed by atoms with van der Waals surface area (Å²) < 4.78 is 0. The summed E-state index contributed by atoms with van der Waals surface area (Å²) >= 11 is 0. The second-order valence-corrected chi connectivity index (χ2v) is 4.79. The van der Waals surface area contributed by atoms with Gasteiger partial charge in [0.1, 0.15) is 0 Å². The third-order valence-electron chi connectivity index (χ3n) is 3.11. The van der Waals surface area contributed by atoms with Crippen LogP contribution in [-0.4, -0.2) is 23.9 Å². The lowest BCUT2D eigenvalue weighted by molar-refractivity contribution is -0.130. The number of nitrogens with two attached hydrogens (primary N) is 1. The molecular formula is C16H22N2O. The Hall–Kier alpha value is -1.95. The molecule has 0 saturated heterocycles. The highest BCUT2D eigenvalue weighted by Gasteiger charge is 2.16. The smallest absolute Gasteiger partial charge is 0.223 e. The maximum Gasteiger partial charge on any atom is 0.223 e. The van der Waals surface area contributed by atoms with Crippen LogP contribution in [0, 0.1) is 12.3 Å². The number of rotatable bonds is 6. The van der Waals surface area contributed by atoms with E-state index < -0.39 is 0 Å². The summed E-state index contributed by atoms with van der Waals surface area (Å²) in [5, 5.41) is 0. The summed E-state index contributed by atoms with van der Waals surface area (Å²) in [6.07, 6.45) is 6.70. The molecule has 1 aromatic carbocycles. The lowest BCUT2D eigenvalue weighted by Gasteiger charge is -2.21. The Bertz CT molecular complexity index is 445. The summed E-state index contributed by atoms with van der Waals surface area (Å²) in [7, 11) is 0. The number of benzene rings is 1. The van der Waals surface area contributed by atoms with E-state index in [0.717, 1.165) is 24.2 Å². The largest absolute Gasteiger partial charge is 0.399 e. The minimum Gasteiger partial charge on any atom is -0.399 e. The van der Waals surface area contributed by atoms with Gasteiger partial charge in [0.05, 0.1) is 6.54 Å². The van der Waals surface area contributed by atoms with Crippen molar-refractivity contribution < 1.29 is 4.79 Å².